The predicted molar refractivity (Wildman–Crippen MR) is 132 cm³/mol. The van der Waals surface area contributed by atoms with Gasteiger partial charge in [-0.25, -0.2) is 9.37 Å². The van der Waals surface area contributed by atoms with Gasteiger partial charge in [0.2, 0.25) is 5.91 Å². The van der Waals surface area contributed by atoms with E-state index in [1.807, 2.05) is 31.3 Å². The Labute approximate surface area is 195 Å². The Morgan fingerprint density at radius 1 is 1.27 bits per heavy atom. The summed E-state index contributed by atoms with van der Waals surface area (Å²) in [5, 5.41) is 0. The molecule has 2 N–H and O–H groups in total. The number of hydrogen-bond donors (Lipinski definition) is 1. The van der Waals surface area contributed by atoms with Gasteiger partial charge in [-0.1, -0.05) is 24.3 Å². The molecule has 1 saturated heterocycles. The maximum absolute atomic E-state index is 13.1. The van der Waals surface area contributed by atoms with E-state index in [-0.39, 0.29) is 24.4 Å². The van der Waals surface area contributed by atoms with Crippen molar-refractivity contribution >= 4 is 23.5 Å². The van der Waals surface area contributed by atoms with Crippen molar-refractivity contribution in [1.29, 1.82) is 0 Å². The van der Waals surface area contributed by atoms with Crippen LogP contribution < -0.4 is 10.6 Å². The minimum atomic E-state index is -0.318. The molecule has 7 nitrogen and oxygen atoms in total. The van der Waals surface area contributed by atoms with Crippen molar-refractivity contribution in [3.05, 3.63) is 65.6 Å². The molecule has 8 heteroatoms. The second-order valence-electron chi connectivity index (χ2n) is 8.17. The molecule has 3 rings (SSSR count). The zero-order valence-corrected chi connectivity index (χ0v) is 19.6. The van der Waals surface area contributed by atoms with E-state index in [9.17, 15) is 9.18 Å². The Kier molecular flexibility index (Phi) is 8.68. The molecule has 2 aromatic rings. The van der Waals surface area contributed by atoms with Gasteiger partial charge >= 0.3 is 0 Å². The maximum Gasteiger partial charge on any atom is 0.236 e. The summed E-state index contributed by atoms with van der Waals surface area (Å²) < 4.78 is 13.1. The molecule has 0 spiro atoms. The highest BCUT2D eigenvalue weighted by atomic mass is 19.1. The molecule has 0 radical (unpaired) electrons. The Bertz CT molecular complexity index is 983. The van der Waals surface area contributed by atoms with Crippen molar-refractivity contribution < 1.29 is 9.18 Å². The van der Waals surface area contributed by atoms with Crippen LogP contribution in [0.1, 0.15) is 25.0 Å². The monoisotopic (exact) mass is 452 g/mol. The molecule has 1 fully saturated rings. The second kappa shape index (κ2) is 11.7. The number of benzene rings is 1. The van der Waals surface area contributed by atoms with Gasteiger partial charge < -0.3 is 15.5 Å². The zero-order chi connectivity index (χ0) is 23.8. The van der Waals surface area contributed by atoms with Crippen LogP contribution in [0.5, 0.6) is 0 Å². The van der Waals surface area contributed by atoms with Crippen molar-refractivity contribution in [3.63, 3.8) is 0 Å². The molecule has 1 unspecified atom stereocenters. The van der Waals surface area contributed by atoms with Gasteiger partial charge in [0.1, 0.15) is 11.6 Å². The van der Waals surface area contributed by atoms with Gasteiger partial charge in [-0.3, -0.25) is 14.7 Å². The van der Waals surface area contributed by atoms with Gasteiger partial charge in [-0.05, 0) is 48.7 Å². The molecule has 33 heavy (non-hydrogen) atoms. The smallest absolute Gasteiger partial charge is 0.236 e. The predicted octanol–water partition coefficient (Wildman–Crippen LogP) is 2.78. The topological polar surface area (TPSA) is 78.1 Å². The van der Waals surface area contributed by atoms with E-state index in [1.54, 1.807) is 18.0 Å². The number of pyridine rings is 1. The van der Waals surface area contributed by atoms with Crippen LogP contribution >= 0.6 is 0 Å². The fraction of sp³-hybridized carbons (Fsp3) is 0.400. The molecular formula is C25H33FN6O. The summed E-state index contributed by atoms with van der Waals surface area (Å²) in [4.78, 5) is 26.9. The number of nitrogens with two attached hydrogens (primary N) is 1. The molecule has 176 valence electrons. The molecule has 2 heterocycles. The summed E-state index contributed by atoms with van der Waals surface area (Å²) in [7, 11) is 1.76. The lowest BCUT2D eigenvalue weighted by molar-refractivity contribution is -0.128. The first-order valence-corrected chi connectivity index (χ1v) is 11.2. The molecule has 0 saturated carbocycles. The third-order valence-corrected chi connectivity index (χ3v) is 5.90. The van der Waals surface area contributed by atoms with E-state index in [1.165, 1.54) is 12.3 Å². The number of amides is 1. The van der Waals surface area contributed by atoms with Crippen molar-refractivity contribution in [2.75, 3.05) is 44.7 Å². The van der Waals surface area contributed by atoms with E-state index in [2.05, 4.69) is 33.8 Å². The third-order valence-electron chi connectivity index (χ3n) is 5.90. The quantitative estimate of drug-likeness (QED) is 0.623. The fourth-order valence-corrected chi connectivity index (χ4v) is 3.85. The van der Waals surface area contributed by atoms with Crippen LogP contribution in [0.3, 0.4) is 0 Å². The van der Waals surface area contributed by atoms with Crippen molar-refractivity contribution in [2.24, 2.45) is 10.7 Å². The Hall–Kier alpha value is -3.10. The maximum atomic E-state index is 13.1. The van der Waals surface area contributed by atoms with Gasteiger partial charge in [-0.15, -0.1) is 0 Å². The molecule has 0 bridgehead atoms. The van der Waals surface area contributed by atoms with E-state index >= 15 is 0 Å². The summed E-state index contributed by atoms with van der Waals surface area (Å²) >= 11 is 0. The highest BCUT2D eigenvalue weighted by Gasteiger charge is 2.21. The molecule has 0 aliphatic carbocycles. The van der Waals surface area contributed by atoms with Crippen LogP contribution in [-0.4, -0.2) is 72.8 Å². The van der Waals surface area contributed by atoms with Gasteiger partial charge in [0, 0.05) is 46.0 Å². The lowest BCUT2D eigenvalue weighted by Crippen LogP contribution is -2.49. The number of likely N-dealkylation sites (N-methyl/N-ethyl adjacent to an activating group) is 1. The molecule has 1 aromatic carbocycles. The molecule has 1 atom stereocenters. The number of aromatic nitrogens is 1. The number of aliphatic imine (C=N–C) groups is 1. The summed E-state index contributed by atoms with van der Waals surface area (Å²) in [6.45, 7) is 7.99. The average molecular weight is 453 g/mol. The zero-order valence-electron chi connectivity index (χ0n) is 19.6. The number of nitrogens with zero attached hydrogens (tertiary/aromatic N) is 5. The molecule has 1 aromatic heterocycles. The number of rotatable bonds is 8. The van der Waals surface area contributed by atoms with Gasteiger partial charge in [-0.2, -0.15) is 0 Å². The summed E-state index contributed by atoms with van der Waals surface area (Å²) in [6, 6.07) is 11.3. The molecule has 1 aliphatic rings. The molecule has 1 amide bonds. The van der Waals surface area contributed by atoms with E-state index in [4.69, 9.17) is 10.7 Å². The van der Waals surface area contributed by atoms with Crippen LogP contribution in [0, 0.1) is 5.82 Å². The fourth-order valence-electron chi connectivity index (χ4n) is 3.85. The number of piperazine rings is 1. The Morgan fingerprint density at radius 3 is 2.67 bits per heavy atom. The molecule has 1 aliphatic heterocycles. The Balaban J connectivity index is 1.58. The lowest BCUT2D eigenvalue weighted by atomic mass is 10.0. The van der Waals surface area contributed by atoms with Gasteiger partial charge in [0.25, 0.3) is 0 Å². The minimum absolute atomic E-state index is 0.00945. The number of carbonyl (C=O) groups is 1. The van der Waals surface area contributed by atoms with Crippen LogP contribution in [0.25, 0.3) is 5.57 Å². The largest absolute Gasteiger partial charge is 0.354 e. The lowest BCUT2D eigenvalue weighted by Gasteiger charge is -2.37. The van der Waals surface area contributed by atoms with Gasteiger partial charge in [0.15, 0.2) is 0 Å². The first-order valence-electron chi connectivity index (χ1n) is 11.2. The number of anilines is 1. The van der Waals surface area contributed by atoms with Crippen molar-refractivity contribution in [1.82, 2.24) is 14.8 Å². The Morgan fingerprint density at radius 2 is 2.03 bits per heavy atom. The summed E-state index contributed by atoms with van der Waals surface area (Å²) in [6.07, 6.45) is 5.27. The first-order chi connectivity index (χ1) is 15.9. The molecular weight excluding hydrogens is 419 g/mol. The normalized spacial score (nSPS) is 16.3. The standard InChI is InChI=1S/C25H33FN6O/c1-4-21(22-7-5-6-20(14-22)18-30(3)25(33)15-27)16-28-19(2)31-10-12-32(13-11-31)24-9-8-23(26)17-29-24/h4-9,14,16-17,19H,10-13,15,18,27H2,1-3H3/b21-4+,28-16-. The minimum Gasteiger partial charge on any atom is -0.354 e. The van der Waals surface area contributed by atoms with Gasteiger partial charge in [0.05, 0.1) is 18.9 Å². The van der Waals surface area contributed by atoms with Crippen LogP contribution in [0.4, 0.5) is 10.2 Å². The number of allylic oxidation sites excluding steroid dienone is 2. The van der Waals surface area contributed by atoms with Crippen molar-refractivity contribution in [3.8, 4) is 0 Å². The summed E-state index contributed by atoms with van der Waals surface area (Å²) in [5.74, 6) is 0.404. The number of carbonyl (C=O) groups excluding carboxylic acids is 1. The average Bonchev–Trinajstić information content (AvgIpc) is 2.84. The van der Waals surface area contributed by atoms with Crippen LogP contribution in [0.15, 0.2) is 53.7 Å². The van der Waals surface area contributed by atoms with E-state index in [0.717, 1.165) is 48.7 Å². The number of hydrogen-bond acceptors (Lipinski definition) is 6. The second-order valence-corrected chi connectivity index (χ2v) is 8.17. The highest BCUT2D eigenvalue weighted by Crippen LogP contribution is 2.18. The van der Waals surface area contributed by atoms with Crippen LogP contribution in [0.2, 0.25) is 0 Å². The van der Waals surface area contributed by atoms with Crippen LogP contribution in [-0.2, 0) is 11.3 Å². The summed E-state index contributed by atoms with van der Waals surface area (Å²) in [5.41, 5.74) is 8.60. The van der Waals surface area contributed by atoms with E-state index in [0.29, 0.717) is 6.54 Å². The third kappa shape index (κ3) is 6.69. The van der Waals surface area contributed by atoms with Crippen molar-refractivity contribution in [2.45, 2.75) is 26.6 Å². The first kappa shape index (κ1) is 24.5. The SMILES string of the molecule is C/C=C(\C=N/C(C)N1CCN(c2ccc(F)cn2)CC1)c1cccc(CN(C)C(=O)CN)c1. The van der Waals surface area contributed by atoms with E-state index < -0.39 is 0 Å². The highest BCUT2D eigenvalue weighted by molar-refractivity contribution is 6.09. The number of halogens is 1.